The van der Waals surface area contributed by atoms with Gasteiger partial charge in [0.15, 0.2) is 0 Å². The minimum Gasteiger partial charge on any atom is -0.363 e. The van der Waals surface area contributed by atoms with Gasteiger partial charge in [0.1, 0.15) is 5.82 Å². The van der Waals surface area contributed by atoms with E-state index in [-0.39, 0.29) is 50.3 Å². The van der Waals surface area contributed by atoms with Crippen LogP contribution in [0.25, 0.3) is 0 Å². The maximum atomic E-state index is 11.6. The van der Waals surface area contributed by atoms with Crippen molar-refractivity contribution in [2.45, 2.75) is 74.9 Å². The van der Waals surface area contributed by atoms with Crippen LogP contribution in [0.15, 0.2) is 38.9 Å². The molecule has 8 nitrogen and oxygen atoms in total. The maximum Gasteiger partial charge on any atom is 0.349 e. The molecule has 0 aliphatic rings. The Balaban J connectivity index is -0.000000443. The van der Waals surface area contributed by atoms with Gasteiger partial charge in [-0.05, 0) is 47.6 Å². The van der Waals surface area contributed by atoms with Gasteiger partial charge in [-0.15, -0.1) is 0 Å². The molecule has 0 fully saturated rings. The third-order valence-electron chi connectivity index (χ3n) is 3.88. The lowest BCUT2D eigenvalue weighted by atomic mass is 10.1. The first kappa shape index (κ1) is 32.0. The Morgan fingerprint density at radius 2 is 1.23 bits per heavy atom. The van der Waals surface area contributed by atoms with Crippen molar-refractivity contribution >= 4 is 5.82 Å². The van der Waals surface area contributed by atoms with Crippen LogP contribution in [0, 0.1) is 0 Å². The van der Waals surface area contributed by atoms with Crippen LogP contribution in [0.1, 0.15) is 63.8 Å². The fourth-order valence-corrected chi connectivity index (χ4v) is 2.23. The first-order valence-electron chi connectivity index (χ1n) is 8.73. The van der Waals surface area contributed by atoms with Crippen LogP contribution in [0.5, 0.6) is 0 Å². The zero-order valence-corrected chi connectivity index (χ0v) is 17.8. The van der Waals surface area contributed by atoms with Crippen molar-refractivity contribution in [1.82, 2.24) is 18.7 Å². The molecule has 0 bridgehead atoms. The summed E-state index contributed by atoms with van der Waals surface area (Å²) in [5.74, 6) is 0.690. The molecule has 0 aliphatic heterocycles. The van der Waals surface area contributed by atoms with E-state index in [2.05, 4.69) is 4.98 Å². The van der Waals surface area contributed by atoms with E-state index in [0.29, 0.717) is 5.82 Å². The summed E-state index contributed by atoms with van der Waals surface area (Å²) in [6.45, 7) is 11.7. The van der Waals surface area contributed by atoms with E-state index >= 15 is 0 Å². The number of rotatable bonds is 1. The fraction of sp³-hybridized carbons (Fsp3) is 0.636. The molecule has 2 aromatic rings. The van der Waals surface area contributed by atoms with Crippen LogP contribution in [0.3, 0.4) is 0 Å². The Morgan fingerprint density at radius 1 is 0.800 bits per heavy atom. The smallest absolute Gasteiger partial charge is 0.349 e. The van der Waals surface area contributed by atoms with Gasteiger partial charge in [0.2, 0.25) is 0 Å². The predicted molar refractivity (Wildman–Crippen MR) is 129 cm³/mol. The van der Waals surface area contributed by atoms with Crippen LogP contribution in [-0.4, -0.2) is 32.8 Å². The highest BCUT2D eigenvalue weighted by Gasteiger charge is 2.16. The van der Waals surface area contributed by atoms with Gasteiger partial charge < -0.3 is 4.90 Å². The van der Waals surface area contributed by atoms with Crippen molar-refractivity contribution in [3.8, 4) is 0 Å². The molecular weight excluding hydrogens is 382 g/mol. The van der Waals surface area contributed by atoms with Gasteiger partial charge in [0.05, 0.1) is 0 Å². The molecule has 2 aromatic heterocycles. The van der Waals surface area contributed by atoms with E-state index in [0.717, 1.165) is 4.57 Å². The van der Waals surface area contributed by atoms with Crippen molar-refractivity contribution < 1.29 is 0 Å². The number of nitrogens with zero attached hydrogens (tertiary/aromatic N) is 5. The zero-order chi connectivity index (χ0) is 21.2. The average Bonchev–Trinajstić information content (AvgIpc) is 2.50. The molecule has 0 amide bonds. The summed E-state index contributed by atoms with van der Waals surface area (Å²) >= 11 is 0. The summed E-state index contributed by atoms with van der Waals surface area (Å²) in [6.07, 6.45) is 3.31. The fourth-order valence-electron chi connectivity index (χ4n) is 2.23. The Bertz CT molecular complexity index is 955. The Kier molecular flexibility index (Phi) is 12.3. The van der Waals surface area contributed by atoms with Crippen molar-refractivity contribution in [2.24, 2.45) is 7.05 Å². The van der Waals surface area contributed by atoms with Gasteiger partial charge in [0, 0.05) is 50.7 Å². The summed E-state index contributed by atoms with van der Waals surface area (Å²) < 4.78 is 4.26. The molecule has 8 heteroatoms. The quantitative estimate of drug-likeness (QED) is 0.700. The Morgan fingerprint density at radius 3 is 1.60 bits per heavy atom. The van der Waals surface area contributed by atoms with E-state index in [1.807, 2.05) is 66.6 Å². The van der Waals surface area contributed by atoms with Crippen LogP contribution in [0.4, 0.5) is 5.82 Å². The average molecular weight is 426 g/mol. The Labute approximate surface area is 181 Å². The zero-order valence-electron chi connectivity index (χ0n) is 17.8. The normalized spacial score (nSPS) is 10.4. The Hall–Kier alpha value is -2.64. The third kappa shape index (κ3) is 8.00. The van der Waals surface area contributed by atoms with Crippen LogP contribution in [0.2, 0.25) is 0 Å². The highest BCUT2D eigenvalue weighted by Crippen LogP contribution is 2.11. The molecule has 0 saturated heterocycles. The second kappa shape index (κ2) is 11.5. The molecule has 0 saturated carbocycles. The molecule has 2 heterocycles. The van der Waals surface area contributed by atoms with E-state index < -0.39 is 0 Å². The second-order valence-corrected chi connectivity index (χ2v) is 8.54. The lowest BCUT2D eigenvalue weighted by Crippen LogP contribution is -2.42. The van der Waals surface area contributed by atoms with E-state index in [1.165, 1.54) is 23.9 Å². The SMILES string of the molecule is C.C.C.CN(C)c1ccn(C(C)(C)C)c(=O)n1.Cn1c(=O)ccn(C(C)(C)C)c1=O. The van der Waals surface area contributed by atoms with Crippen molar-refractivity contribution in [3.05, 3.63) is 55.8 Å². The van der Waals surface area contributed by atoms with Crippen molar-refractivity contribution in [3.63, 3.8) is 0 Å². The van der Waals surface area contributed by atoms with Crippen LogP contribution < -0.4 is 21.8 Å². The summed E-state index contributed by atoms with van der Waals surface area (Å²) in [4.78, 5) is 40.0. The highest BCUT2D eigenvalue weighted by atomic mass is 16.2. The van der Waals surface area contributed by atoms with E-state index in [1.54, 1.807) is 10.8 Å². The van der Waals surface area contributed by atoms with Crippen LogP contribution in [-0.2, 0) is 18.1 Å². The van der Waals surface area contributed by atoms with Gasteiger partial charge in [-0.3, -0.25) is 18.5 Å². The molecule has 0 spiro atoms. The van der Waals surface area contributed by atoms with Gasteiger partial charge in [0.25, 0.3) is 5.56 Å². The summed E-state index contributed by atoms with van der Waals surface area (Å²) in [6, 6.07) is 3.24. The van der Waals surface area contributed by atoms with Crippen molar-refractivity contribution in [1.29, 1.82) is 0 Å². The standard InChI is InChI=1S/C10H17N3O.C9H14N2O2.3CH4/c1-10(2,3)13-7-6-8(12(4)5)11-9(13)14;1-9(2,3)11-6-5-7(12)10(4)8(11)13;;;/h6-7H,1-5H3;5-6H,1-4H3;3*1H4. The highest BCUT2D eigenvalue weighted by molar-refractivity contribution is 5.33. The number of hydrogen-bond donors (Lipinski definition) is 0. The number of hydrogen-bond acceptors (Lipinski definition) is 5. The monoisotopic (exact) mass is 425 g/mol. The first-order valence-corrected chi connectivity index (χ1v) is 8.73. The summed E-state index contributed by atoms with van der Waals surface area (Å²) in [7, 11) is 5.21. The largest absolute Gasteiger partial charge is 0.363 e. The molecule has 0 N–H and O–H groups in total. The van der Waals surface area contributed by atoms with Crippen molar-refractivity contribution in [2.75, 3.05) is 19.0 Å². The minimum absolute atomic E-state index is 0. The minimum atomic E-state index is -0.289. The first-order chi connectivity index (χ1) is 12.2. The van der Waals surface area contributed by atoms with E-state index in [9.17, 15) is 14.4 Å². The molecule has 0 aromatic carbocycles. The molecule has 174 valence electrons. The van der Waals surface area contributed by atoms with Gasteiger partial charge in [-0.25, -0.2) is 9.59 Å². The molecule has 0 atom stereocenters. The van der Waals surface area contributed by atoms with Gasteiger partial charge >= 0.3 is 11.4 Å². The lowest BCUT2D eigenvalue weighted by molar-refractivity contribution is 0.367. The molecule has 0 radical (unpaired) electrons. The molecule has 0 aliphatic carbocycles. The molecule has 30 heavy (non-hydrogen) atoms. The predicted octanol–water partition coefficient (Wildman–Crippen LogP) is 3.27. The number of aromatic nitrogens is 4. The second-order valence-electron chi connectivity index (χ2n) is 8.54. The lowest BCUT2D eigenvalue weighted by Gasteiger charge is -2.22. The molecule has 2 rings (SSSR count). The maximum absolute atomic E-state index is 11.6. The molecular formula is C22H43N5O3. The summed E-state index contributed by atoms with van der Waals surface area (Å²) in [5, 5.41) is 0. The van der Waals surface area contributed by atoms with E-state index in [4.69, 9.17) is 0 Å². The molecule has 0 unspecified atom stereocenters. The third-order valence-corrected chi connectivity index (χ3v) is 3.88. The van der Waals surface area contributed by atoms with Gasteiger partial charge in [-0.2, -0.15) is 4.98 Å². The summed E-state index contributed by atoms with van der Waals surface area (Å²) in [5.41, 5.74) is -1.26. The van der Waals surface area contributed by atoms with Gasteiger partial charge in [-0.1, -0.05) is 22.3 Å². The topological polar surface area (TPSA) is 82.1 Å². The number of anilines is 1. The van der Waals surface area contributed by atoms with Crippen LogP contribution >= 0.6 is 0 Å².